The van der Waals surface area contributed by atoms with Gasteiger partial charge in [0.05, 0.1) is 12.2 Å². The molecular weight excluding hydrogens is 266 g/mol. The molecule has 6 nitrogen and oxygen atoms in total. The summed E-state index contributed by atoms with van der Waals surface area (Å²) in [7, 11) is 2.08. The molecule has 1 aliphatic rings. The summed E-state index contributed by atoms with van der Waals surface area (Å²) in [6, 6.07) is 0.597. The summed E-state index contributed by atoms with van der Waals surface area (Å²) in [4.78, 5) is 2.20. The van der Waals surface area contributed by atoms with Crippen molar-refractivity contribution in [2.75, 3.05) is 7.05 Å². The van der Waals surface area contributed by atoms with Gasteiger partial charge in [0.25, 0.3) is 0 Å². The molecule has 0 unspecified atom stereocenters. The minimum absolute atomic E-state index is 0.597. The lowest BCUT2D eigenvalue weighted by atomic mass is 9.96. The van der Waals surface area contributed by atoms with Crippen LogP contribution in [0.5, 0.6) is 0 Å². The van der Waals surface area contributed by atoms with Crippen molar-refractivity contribution in [3.05, 3.63) is 29.3 Å². The summed E-state index contributed by atoms with van der Waals surface area (Å²) in [6.45, 7) is 3.52. The lowest BCUT2D eigenvalue weighted by Gasteiger charge is -2.21. The van der Waals surface area contributed by atoms with E-state index in [4.69, 9.17) is 4.63 Å². The lowest BCUT2D eigenvalue weighted by molar-refractivity contribution is 0.279. The minimum Gasteiger partial charge on any atom is -0.296 e. The first-order valence-corrected chi connectivity index (χ1v) is 7.72. The predicted octanol–water partition coefficient (Wildman–Crippen LogP) is 2.71. The topological polar surface area (TPSA) is 60.0 Å². The van der Waals surface area contributed by atoms with Gasteiger partial charge in [-0.15, -0.1) is 0 Å². The fourth-order valence-electron chi connectivity index (χ4n) is 3.02. The van der Waals surface area contributed by atoms with Crippen LogP contribution < -0.4 is 0 Å². The van der Waals surface area contributed by atoms with E-state index >= 15 is 0 Å². The molecule has 114 valence electrons. The van der Waals surface area contributed by atoms with Crippen LogP contribution in [0.3, 0.4) is 0 Å². The first kappa shape index (κ1) is 14.3. The second-order valence-electron chi connectivity index (χ2n) is 6.09. The van der Waals surface area contributed by atoms with E-state index in [2.05, 4.69) is 38.2 Å². The molecule has 3 rings (SSSR count). The molecule has 2 heterocycles. The van der Waals surface area contributed by atoms with Crippen LogP contribution in [-0.2, 0) is 13.1 Å². The zero-order valence-electron chi connectivity index (χ0n) is 12.8. The van der Waals surface area contributed by atoms with Gasteiger partial charge < -0.3 is 0 Å². The molecule has 1 saturated carbocycles. The quantitative estimate of drug-likeness (QED) is 0.847. The van der Waals surface area contributed by atoms with E-state index in [0.29, 0.717) is 6.04 Å². The largest absolute Gasteiger partial charge is 0.296 e. The molecule has 0 saturated heterocycles. The number of rotatable bonds is 5. The van der Waals surface area contributed by atoms with Gasteiger partial charge in [-0.25, -0.2) is 4.63 Å². The van der Waals surface area contributed by atoms with E-state index in [1.54, 1.807) is 0 Å². The molecule has 2 aromatic heterocycles. The summed E-state index contributed by atoms with van der Waals surface area (Å²) >= 11 is 0. The van der Waals surface area contributed by atoms with Gasteiger partial charge in [0.1, 0.15) is 11.4 Å². The third-order valence-electron chi connectivity index (χ3n) is 4.22. The highest BCUT2D eigenvalue weighted by atomic mass is 16.6. The standard InChI is InChI=1S/C15H23N5O/c1-12-15(18-21-17-12)11-19(2)9-13-8-16-20(10-13)14-6-4-3-5-7-14/h8,10,14H,3-7,9,11H2,1-2H3. The molecule has 6 heteroatoms. The van der Waals surface area contributed by atoms with E-state index in [1.807, 2.05) is 13.1 Å². The number of aromatic nitrogens is 4. The Morgan fingerprint density at radius 1 is 1.24 bits per heavy atom. The molecule has 0 N–H and O–H groups in total. The van der Waals surface area contributed by atoms with Gasteiger partial charge in [-0.1, -0.05) is 29.6 Å². The smallest absolute Gasteiger partial charge is 0.122 e. The average Bonchev–Trinajstić information content (AvgIpc) is 3.10. The SMILES string of the molecule is Cc1nonc1CN(C)Cc1cnn(C2CCCCC2)c1. The van der Waals surface area contributed by atoms with Crippen molar-refractivity contribution in [2.45, 2.75) is 58.2 Å². The molecule has 21 heavy (non-hydrogen) atoms. The molecule has 0 aliphatic heterocycles. The lowest BCUT2D eigenvalue weighted by Crippen LogP contribution is -2.18. The van der Waals surface area contributed by atoms with Gasteiger partial charge in [-0.3, -0.25) is 9.58 Å². The highest BCUT2D eigenvalue weighted by Crippen LogP contribution is 2.27. The Morgan fingerprint density at radius 3 is 2.76 bits per heavy atom. The molecular formula is C15H23N5O. The zero-order valence-corrected chi connectivity index (χ0v) is 12.8. The Hall–Kier alpha value is -1.69. The molecule has 0 spiro atoms. The number of nitrogens with zero attached hydrogens (tertiary/aromatic N) is 5. The van der Waals surface area contributed by atoms with E-state index in [1.165, 1.54) is 37.7 Å². The first-order chi connectivity index (χ1) is 10.2. The van der Waals surface area contributed by atoms with E-state index < -0.39 is 0 Å². The average molecular weight is 289 g/mol. The fourth-order valence-corrected chi connectivity index (χ4v) is 3.02. The van der Waals surface area contributed by atoms with Crippen LogP contribution in [0.15, 0.2) is 17.0 Å². The summed E-state index contributed by atoms with van der Waals surface area (Å²) in [5.74, 6) is 0. The second kappa shape index (κ2) is 6.39. The van der Waals surface area contributed by atoms with Crippen molar-refractivity contribution in [2.24, 2.45) is 0 Å². The molecule has 0 radical (unpaired) electrons. The maximum atomic E-state index is 4.74. The molecule has 0 bridgehead atoms. The molecule has 1 aliphatic carbocycles. The predicted molar refractivity (Wildman–Crippen MR) is 78.6 cm³/mol. The van der Waals surface area contributed by atoms with E-state index in [-0.39, 0.29) is 0 Å². The number of hydrogen-bond donors (Lipinski definition) is 0. The third-order valence-corrected chi connectivity index (χ3v) is 4.22. The third kappa shape index (κ3) is 3.50. The number of aryl methyl sites for hydroxylation is 1. The van der Waals surface area contributed by atoms with Crippen molar-refractivity contribution < 1.29 is 4.63 Å². The Balaban J connectivity index is 1.57. The Bertz CT molecular complexity index is 570. The van der Waals surface area contributed by atoms with Gasteiger partial charge in [-0.2, -0.15) is 5.10 Å². The van der Waals surface area contributed by atoms with Crippen LogP contribution in [0, 0.1) is 6.92 Å². The van der Waals surface area contributed by atoms with Gasteiger partial charge in [0.2, 0.25) is 0 Å². The van der Waals surface area contributed by atoms with E-state index in [9.17, 15) is 0 Å². The van der Waals surface area contributed by atoms with Crippen LogP contribution in [0.2, 0.25) is 0 Å². The Kier molecular flexibility index (Phi) is 4.34. The van der Waals surface area contributed by atoms with Gasteiger partial charge >= 0.3 is 0 Å². The molecule has 0 aromatic carbocycles. The van der Waals surface area contributed by atoms with Crippen LogP contribution in [-0.4, -0.2) is 32.0 Å². The summed E-state index contributed by atoms with van der Waals surface area (Å²) in [5, 5.41) is 12.3. The van der Waals surface area contributed by atoms with Crippen molar-refractivity contribution >= 4 is 0 Å². The van der Waals surface area contributed by atoms with Crippen molar-refractivity contribution in [3.8, 4) is 0 Å². The van der Waals surface area contributed by atoms with Crippen molar-refractivity contribution in [1.82, 2.24) is 25.0 Å². The Labute approximate surface area is 125 Å². The molecule has 2 aromatic rings. The van der Waals surface area contributed by atoms with Gasteiger partial charge in [0, 0.05) is 24.8 Å². The highest BCUT2D eigenvalue weighted by molar-refractivity contribution is 5.07. The fraction of sp³-hybridized carbons (Fsp3) is 0.667. The Morgan fingerprint density at radius 2 is 2.05 bits per heavy atom. The minimum atomic E-state index is 0.597. The van der Waals surface area contributed by atoms with Crippen LogP contribution in [0.4, 0.5) is 0 Å². The summed E-state index contributed by atoms with van der Waals surface area (Å²) in [5.41, 5.74) is 3.01. The second-order valence-corrected chi connectivity index (χ2v) is 6.09. The summed E-state index contributed by atoms with van der Waals surface area (Å²) < 4.78 is 6.89. The number of hydrogen-bond acceptors (Lipinski definition) is 5. The van der Waals surface area contributed by atoms with Gasteiger partial charge in [-0.05, 0) is 26.8 Å². The molecule has 0 atom stereocenters. The maximum Gasteiger partial charge on any atom is 0.122 e. The van der Waals surface area contributed by atoms with Crippen LogP contribution >= 0.6 is 0 Å². The molecule has 1 fully saturated rings. The highest BCUT2D eigenvalue weighted by Gasteiger charge is 2.16. The maximum absolute atomic E-state index is 4.74. The van der Waals surface area contributed by atoms with Crippen molar-refractivity contribution in [1.29, 1.82) is 0 Å². The monoisotopic (exact) mass is 289 g/mol. The van der Waals surface area contributed by atoms with Crippen LogP contribution in [0.1, 0.15) is 55.1 Å². The van der Waals surface area contributed by atoms with Crippen LogP contribution in [0.25, 0.3) is 0 Å². The van der Waals surface area contributed by atoms with Gasteiger partial charge in [0.15, 0.2) is 0 Å². The normalized spacial score (nSPS) is 16.7. The molecule has 0 amide bonds. The van der Waals surface area contributed by atoms with E-state index in [0.717, 1.165) is 24.5 Å². The zero-order chi connectivity index (χ0) is 14.7. The van der Waals surface area contributed by atoms with Crippen molar-refractivity contribution in [3.63, 3.8) is 0 Å². The first-order valence-electron chi connectivity index (χ1n) is 7.72. The summed E-state index contributed by atoms with van der Waals surface area (Å²) in [6.07, 6.45) is 10.7.